The van der Waals surface area contributed by atoms with Crippen LogP contribution in [0.3, 0.4) is 0 Å². The van der Waals surface area contributed by atoms with Gasteiger partial charge in [0.15, 0.2) is 0 Å². The molecule has 1 aromatic heterocycles. The zero-order valence-corrected chi connectivity index (χ0v) is 13.2. The molecule has 0 radical (unpaired) electrons. The molecule has 0 bridgehead atoms. The largest absolute Gasteiger partial charge is 0.507 e. The second-order valence-electron chi connectivity index (χ2n) is 4.50. The summed E-state index contributed by atoms with van der Waals surface area (Å²) in [5, 5.41) is 12.6. The Labute approximate surface area is 136 Å². The van der Waals surface area contributed by atoms with E-state index in [9.17, 15) is 5.11 Å². The fourth-order valence-electron chi connectivity index (χ4n) is 2.09. The molecule has 21 heavy (non-hydrogen) atoms. The smallest absolute Gasteiger partial charge is 0.134 e. The number of rotatable bonds is 3. The minimum Gasteiger partial charge on any atom is -0.507 e. The highest BCUT2D eigenvalue weighted by Gasteiger charge is 2.08. The zero-order chi connectivity index (χ0) is 14.8. The van der Waals surface area contributed by atoms with E-state index < -0.39 is 0 Å². The molecule has 0 aliphatic heterocycles. The van der Waals surface area contributed by atoms with Crippen LogP contribution >= 0.6 is 35.0 Å². The predicted octanol–water partition coefficient (Wildman–Crippen LogP) is 5.54. The first-order chi connectivity index (χ1) is 10.1. The van der Waals surface area contributed by atoms with Gasteiger partial charge < -0.3 is 5.11 Å². The second-order valence-corrected chi connectivity index (χ2v) is 6.26. The number of pyridine rings is 1. The average molecular weight is 336 g/mol. The van der Waals surface area contributed by atoms with Crippen LogP contribution in [0.1, 0.15) is 5.56 Å². The van der Waals surface area contributed by atoms with E-state index in [1.54, 1.807) is 23.9 Å². The van der Waals surface area contributed by atoms with Crippen LogP contribution in [-0.2, 0) is 5.75 Å². The van der Waals surface area contributed by atoms with E-state index in [1.807, 2.05) is 36.4 Å². The van der Waals surface area contributed by atoms with Crippen molar-refractivity contribution in [3.05, 3.63) is 64.4 Å². The molecule has 5 heteroatoms. The number of halogens is 2. The number of fused-ring (bicyclic) bond motifs is 1. The SMILES string of the molecule is Oc1ccc(SCc2ccc(Cl)nc2Cl)c2ccccc12. The summed E-state index contributed by atoms with van der Waals surface area (Å²) in [6, 6.07) is 15.0. The predicted molar refractivity (Wildman–Crippen MR) is 89.4 cm³/mol. The van der Waals surface area contributed by atoms with Gasteiger partial charge in [-0.25, -0.2) is 4.98 Å². The molecule has 1 heterocycles. The number of benzene rings is 2. The van der Waals surface area contributed by atoms with Crippen LogP contribution in [-0.4, -0.2) is 10.1 Å². The molecule has 2 aromatic carbocycles. The van der Waals surface area contributed by atoms with Gasteiger partial charge in [0.1, 0.15) is 16.1 Å². The number of hydrogen-bond acceptors (Lipinski definition) is 3. The van der Waals surface area contributed by atoms with Gasteiger partial charge in [0.2, 0.25) is 0 Å². The van der Waals surface area contributed by atoms with Crippen molar-refractivity contribution in [2.45, 2.75) is 10.6 Å². The molecule has 106 valence electrons. The van der Waals surface area contributed by atoms with Gasteiger partial charge in [-0.1, -0.05) is 53.5 Å². The van der Waals surface area contributed by atoms with Crippen molar-refractivity contribution in [2.75, 3.05) is 0 Å². The van der Waals surface area contributed by atoms with Gasteiger partial charge in [-0.3, -0.25) is 0 Å². The van der Waals surface area contributed by atoms with E-state index in [4.69, 9.17) is 23.2 Å². The molecule has 0 spiro atoms. The van der Waals surface area contributed by atoms with E-state index in [0.29, 0.717) is 21.8 Å². The summed E-state index contributed by atoms with van der Waals surface area (Å²) in [4.78, 5) is 5.13. The van der Waals surface area contributed by atoms with Crippen molar-refractivity contribution in [3.63, 3.8) is 0 Å². The lowest BCUT2D eigenvalue weighted by molar-refractivity contribution is 0.481. The molecule has 0 saturated carbocycles. The van der Waals surface area contributed by atoms with Crippen LogP contribution in [0.5, 0.6) is 5.75 Å². The first-order valence-corrected chi connectivity index (χ1v) is 8.04. The van der Waals surface area contributed by atoms with Crippen LogP contribution in [0.4, 0.5) is 0 Å². The van der Waals surface area contributed by atoms with Crippen molar-refractivity contribution in [1.82, 2.24) is 4.98 Å². The van der Waals surface area contributed by atoms with E-state index in [1.165, 1.54) is 0 Å². The summed E-state index contributed by atoms with van der Waals surface area (Å²) in [6.45, 7) is 0. The Morgan fingerprint density at radius 2 is 1.71 bits per heavy atom. The van der Waals surface area contributed by atoms with Gasteiger partial charge in [0, 0.05) is 16.0 Å². The fourth-order valence-corrected chi connectivity index (χ4v) is 3.62. The highest BCUT2D eigenvalue weighted by molar-refractivity contribution is 7.98. The van der Waals surface area contributed by atoms with Crippen LogP contribution in [0.2, 0.25) is 10.3 Å². The van der Waals surface area contributed by atoms with E-state index in [-0.39, 0.29) is 0 Å². The number of nitrogens with zero attached hydrogens (tertiary/aromatic N) is 1. The third kappa shape index (κ3) is 3.10. The minimum atomic E-state index is 0.293. The number of hydrogen-bond donors (Lipinski definition) is 1. The summed E-state index contributed by atoms with van der Waals surface area (Å²) in [5.41, 5.74) is 0.934. The maximum atomic E-state index is 9.90. The maximum Gasteiger partial charge on any atom is 0.134 e. The fraction of sp³-hybridized carbons (Fsp3) is 0.0625. The van der Waals surface area contributed by atoms with E-state index in [2.05, 4.69) is 4.98 Å². The Balaban J connectivity index is 1.90. The molecule has 0 saturated heterocycles. The molecule has 0 atom stereocenters. The minimum absolute atomic E-state index is 0.293. The van der Waals surface area contributed by atoms with Crippen molar-refractivity contribution in [3.8, 4) is 5.75 Å². The summed E-state index contributed by atoms with van der Waals surface area (Å²) >= 11 is 13.5. The lowest BCUT2D eigenvalue weighted by atomic mass is 10.1. The van der Waals surface area contributed by atoms with E-state index in [0.717, 1.165) is 21.2 Å². The Hall–Kier alpha value is -1.42. The monoisotopic (exact) mass is 335 g/mol. The molecule has 3 aromatic rings. The lowest BCUT2D eigenvalue weighted by Crippen LogP contribution is -1.87. The van der Waals surface area contributed by atoms with Gasteiger partial charge in [-0.05, 0) is 29.1 Å². The first-order valence-electron chi connectivity index (χ1n) is 6.29. The average Bonchev–Trinajstić information content (AvgIpc) is 2.48. The number of thioether (sulfide) groups is 1. The Morgan fingerprint density at radius 1 is 0.952 bits per heavy atom. The molecule has 0 fully saturated rings. The topological polar surface area (TPSA) is 33.1 Å². The van der Waals surface area contributed by atoms with Crippen molar-refractivity contribution < 1.29 is 5.11 Å². The van der Waals surface area contributed by atoms with Crippen molar-refractivity contribution in [2.24, 2.45) is 0 Å². The molecule has 3 rings (SSSR count). The van der Waals surface area contributed by atoms with Crippen LogP contribution in [0.15, 0.2) is 53.4 Å². The highest BCUT2D eigenvalue weighted by Crippen LogP contribution is 2.35. The second kappa shape index (κ2) is 6.14. The molecular formula is C16H11Cl2NOS. The standard InChI is InChI=1S/C16H11Cl2NOS/c17-15-8-5-10(16(18)19-15)9-21-14-7-6-13(20)11-3-1-2-4-12(11)14/h1-8,20H,9H2. The summed E-state index contributed by atoms with van der Waals surface area (Å²) in [5.74, 6) is 0.985. The van der Waals surface area contributed by atoms with Gasteiger partial charge in [-0.15, -0.1) is 11.8 Å². The lowest BCUT2D eigenvalue weighted by Gasteiger charge is -2.08. The number of aromatic hydroxyl groups is 1. The summed E-state index contributed by atoms with van der Waals surface area (Å²) in [6.07, 6.45) is 0. The van der Waals surface area contributed by atoms with Gasteiger partial charge in [0.25, 0.3) is 0 Å². The Kier molecular flexibility index (Phi) is 4.24. The number of aromatic nitrogens is 1. The van der Waals surface area contributed by atoms with Crippen molar-refractivity contribution >= 4 is 45.7 Å². The molecule has 0 aliphatic carbocycles. The zero-order valence-electron chi connectivity index (χ0n) is 10.9. The molecule has 0 aliphatic rings. The van der Waals surface area contributed by atoms with Gasteiger partial charge in [-0.2, -0.15) is 0 Å². The normalized spacial score (nSPS) is 11.0. The van der Waals surface area contributed by atoms with Crippen LogP contribution in [0.25, 0.3) is 10.8 Å². The first kappa shape index (κ1) is 14.5. The molecule has 1 N–H and O–H groups in total. The van der Waals surface area contributed by atoms with Crippen molar-refractivity contribution in [1.29, 1.82) is 0 Å². The Morgan fingerprint density at radius 3 is 2.48 bits per heavy atom. The van der Waals surface area contributed by atoms with E-state index >= 15 is 0 Å². The summed E-state index contributed by atoms with van der Waals surface area (Å²) < 4.78 is 0. The Bertz CT molecular complexity index is 807. The maximum absolute atomic E-state index is 9.90. The molecule has 2 nitrogen and oxygen atoms in total. The third-order valence-electron chi connectivity index (χ3n) is 3.14. The molecule has 0 unspecified atom stereocenters. The van der Waals surface area contributed by atoms with Crippen LogP contribution < -0.4 is 0 Å². The van der Waals surface area contributed by atoms with Crippen LogP contribution in [0, 0.1) is 0 Å². The number of phenols is 1. The van der Waals surface area contributed by atoms with Gasteiger partial charge >= 0.3 is 0 Å². The summed E-state index contributed by atoms with van der Waals surface area (Å²) in [7, 11) is 0. The van der Waals surface area contributed by atoms with Gasteiger partial charge in [0.05, 0.1) is 0 Å². The third-order valence-corrected chi connectivity index (χ3v) is 4.80. The highest BCUT2D eigenvalue weighted by atomic mass is 35.5. The number of phenolic OH excluding ortho intramolecular Hbond substituents is 1. The quantitative estimate of drug-likeness (QED) is 0.503. The molecule has 0 amide bonds. The molecular weight excluding hydrogens is 325 g/mol.